The molecule has 1 aromatic heterocycles. The first-order valence-electron chi connectivity index (χ1n) is 3.64. The molecule has 0 amide bonds. The highest BCUT2D eigenvalue weighted by molar-refractivity contribution is 5.30. The van der Waals surface area contributed by atoms with E-state index in [2.05, 4.69) is 5.10 Å². The molecule has 1 rings (SSSR count). The summed E-state index contributed by atoms with van der Waals surface area (Å²) in [6, 6.07) is 0. The van der Waals surface area contributed by atoms with Crippen LogP contribution in [0.3, 0.4) is 0 Å². The molecule has 0 aliphatic carbocycles. The number of nitrogen functional groups attached to an aromatic ring is 1. The van der Waals surface area contributed by atoms with Crippen LogP contribution in [-0.4, -0.2) is 21.0 Å². The molecule has 11 heavy (non-hydrogen) atoms. The van der Waals surface area contributed by atoms with Gasteiger partial charge in [0.15, 0.2) is 0 Å². The van der Waals surface area contributed by atoms with Crippen LogP contribution in [0.1, 0.15) is 13.3 Å². The van der Waals surface area contributed by atoms with Crippen LogP contribution in [0.15, 0.2) is 12.4 Å². The maximum Gasteiger partial charge on any atom is 0.0719 e. The first-order chi connectivity index (χ1) is 5.18. The maximum atomic E-state index is 8.95. The Kier molecular flexibility index (Phi) is 2.48. The van der Waals surface area contributed by atoms with Gasteiger partial charge in [-0.1, -0.05) is 0 Å². The molecular formula is C7H13N3O. The lowest BCUT2D eigenvalue weighted by Crippen LogP contribution is -2.06. The lowest BCUT2D eigenvalue weighted by atomic mass is 10.3. The predicted molar refractivity (Wildman–Crippen MR) is 42.9 cm³/mol. The van der Waals surface area contributed by atoms with Gasteiger partial charge in [-0.2, -0.15) is 5.10 Å². The highest BCUT2D eigenvalue weighted by Crippen LogP contribution is 2.00. The molecule has 0 saturated carbocycles. The molecule has 3 N–H and O–H groups in total. The lowest BCUT2D eigenvalue weighted by Gasteiger charge is -2.02. The molecule has 1 atom stereocenters. The summed E-state index contributed by atoms with van der Waals surface area (Å²) in [5.41, 5.74) is 6.10. The number of aliphatic hydroxyl groups excluding tert-OH is 1. The van der Waals surface area contributed by atoms with E-state index >= 15 is 0 Å². The minimum Gasteiger partial charge on any atom is -0.396 e. The van der Waals surface area contributed by atoms with E-state index in [1.165, 1.54) is 0 Å². The first kappa shape index (κ1) is 8.07. The number of nitrogens with two attached hydrogens (primary N) is 1. The first-order valence-corrected chi connectivity index (χ1v) is 3.64. The van der Waals surface area contributed by atoms with Crippen molar-refractivity contribution in [2.45, 2.75) is 26.0 Å². The number of hydrogen-bond acceptors (Lipinski definition) is 3. The Hall–Kier alpha value is -1.03. The summed E-state index contributed by atoms with van der Waals surface area (Å²) in [4.78, 5) is 0. The largest absolute Gasteiger partial charge is 0.396 e. The van der Waals surface area contributed by atoms with Gasteiger partial charge in [0, 0.05) is 12.7 Å². The molecule has 0 fully saturated rings. The van der Waals surface area contributed by atoms with E-state index in [4.69, 9.17) is 10.8 Å². The third-order valence-electron chi connectivity index (χ3n) is 1.43. The normalized spacial score (nSPS) is 13.3. The van der Waals surface area contributed by atoms with Crippen LogP contribution in [0.25, 0.3) is 0 Å². The van der Waals surface area contributed by atoms with Crippen LogP contribution in [0, 0.1) is 0 Å². The Bertz CT molecular complexity index is 219. The standard InChI is InChI=1S/C7H13N3O/c1-6(11)2-3-10-5-7(8)4-9-10/h4-6,11H,2-3,8H2,1H3/t6-/m1/s1. The molecule has 0 radical (unpaired) electrons. The predicted octanol–water partition coefficient (Wildman–Crippen LogP) is 0.236. The smallest absolute Gasteiger partial charge is 0.0719 e. The van der Waals surface area contributed by atoms with Gasteiger partial charge in [0.1, 0.15) is 0 Å². The molecule has 0 spiro atoms. The SMILES string of the molecule is C[C@@H](O)CCn1cc(N)cn1. The second-order valence-corrected chi connectivity index (χ2v) is 2.67. The Labute approximate surface area is 65.6 Å². The number of aryl methyl sites for hydroxylation is 1. The molecule has 62 valence electrons. The van der Waals surface area contributed by atoms with E-state index < -0.39 is 0 Å². The van der Waals surface area contributed by atoms with Gasteiger partial charge in [-0.15, -0.1) is 0 Å². The number of nitrogens with zero attached hydrogens (tertiary/aromatic N) is 2. The number of aliphatic hydroxyl groups is 1. The number of anilines is 1. The molecule has 0 unspecified atom stereocenters. The summed E-state index contributed by atoms with van der Waals surface area (Å²) in [5.74, 6) is 0. The molecule has 4 nitrogen and oxygen atoms in total. The van der Waals surface area contributed by atoms with Crippen LogP contribution in [0.2, 0.25) is 0 Å². The fraction of sp³-hybridized carbons (Fsp3) is 0.571. The Morgan fingerprint density at radius 3 is 3.00 bits per heavy atom. The highest BCUT2D eigenvalue weighted by Gasteiger charge is 1.97. The van der Waals surface area contributed by atoms with Crippen LogP contribution >= 0.6 is 0 Å². The number of rotatable bonds is 3. The van der Waals surface area contributed by atoms with Gasteiger partial charge >= 0.3 is 0 Å². The van der Waals surface area contributed by atoms with Gasteiger partial charge in [-0.25, -0.2) is 0 Å². The number of hydrogen-bond donors (Lipinski definition) is 2. The van der Waals surface area contributed by atoms with Gasteiger partial charge in [-0.05, 0) is 13.3 Å². The van der Waals surface area contributed by atoms with Crippen molar-refractivity contribution in [3.8, 4) is 0 Å². The maximum absolute atomic E-state index is 8.95. The van der Waals surface area contributed by atoms with E-state index in [1.807, 2.05) is 0 Å². The third kappa shape index (κ3) is 2.59. The molecule has 0 aliphatic rings. The van der Waals surface area contributed by atoms with Gasteiger partial charge in [-0.3, -0.25) is 4.68 Å². The minimum atomic E-state index is -0.277. The quantitative estimate of drug-likeness (QED) is 0.657. The zero-order chi connectivity index (χ0) is 8.27. The molecule has 1 aromatic rings. The Morgan fingerprint density at radius 2 is 2.55 bits per heavy atom. The molecule has 0 bridgehead atoms. The van der Waals surface area contributed by atoms with E-state index in [0.717, 1.165) is 6.54 Å². The number of aromatic nitrogens is 2. The van der Waals surface area contributed by atoms with Crippen LogP contribution < -0.4 is 5.73 Å². The summed E-state index contributed by atoms with van der Waals surface area (Å²) >= 11 is 0. The second-order valence-electron chi connectivity index (χ2n) is 2.67. The lowest BCUT2D eigenvalue weighted by molar-refractivity contribution is 0.176. The van der Waals surface area contributed by atoms with Gasteiger partial charge in [0.05, 0.1) is 18.0 Å². The zero-order valence-electron chi connectivity index (χ0n) is 6.57. The molecule has 0 saturated heterocycles. The van der Waals surface area contributed by atoms with Crippen molar-refractivity contribution in [2.75, 3.05) is 5.73 Å². The van der Waals surface area contributed by atoms with E-state index in [-0.39, 0.29) is 6.10 Å². The molecule has 0 aromatic carbocycles. The van der Waals surface area contributed by atoms with Crippen molar-refractivity contribution in [3.05, 3.63) is 12.4 Å². The molecule has 0 aliphatic heterocycles. The van der Waals surface area contributed by atoms with Crippen molar-refractivity contribution in [1.82, 2.24) is 9.78 Å². The average molecular weight is 155 g/mol. The van der Waals surface area contributed by atoms with Crippen LogP contribution in [0.4, 0.5) is 5.69 Å². The summed E-state index contributed by atoms with van der Waals surface area (Å²) < 4.78 is 1.72. The monoisotopic (exact) mass is 155 g/mol. The molecule has 4 heteroatoms. The van der Waals surface area contributed by atoms with Gasteiger partial charge in [0.25, 0.3) is 0 Å². The molecular weight excluding hydrogens is 142 g/mol. The molecule has 1 heterocycles. The van der Waals surface area contributed by atoms with Crippen molar-refractivity contribution in [1.29, 1.82) is 0 Å². The fourth-order valence-corrected chi connectivity index (χ4v) is 0.821. The van der Waals surface area contributed by atoms with Crippen molar-refractivity contribution in [3.63, 3.8) is 0 Å². The van der Waals surface area contributed by atoms with Crippen LogP contribution in [-0.2, 0) is 6.54 Å². The Balaban J connectivity index is 2.39. The summed E-state index contributed by atoms with van der Waals surface area (Å²) in [5, 5.41) is 12.9. The summed E-state index contributed by atoms with van der Waals surface area (Å²) in [7, 11) is 0. The zero-order valence-corrected chi connectivity index (χ0v) is 6.57. The van der Waals surface area contributed by atoms with Gasteiger partial charge < -0.3 is 10.8 Å². The van der Waals surface area contributed by atoms with E-state index in [1.54, 1.807) is 24.0 Å². The highest BCUT2D eigenvalue weighted by atomic mass is 16.3. The van der Waals surface area contributed by atoms with Crippen molar-refractivity contribution >= 4 is 5.69 Å². The second kappa shape index (κ2) is 3.39. The third-order valence-corrected chi connectivity index (χ3v) is 1.43. The van der Waals surface area contributed by atoms with Gasteiger partial charge in [0.2, 0.25) is 0 Å². The summed E-state index contributed by atoms with van der Waals surface area (Å²) in [6.45, 7) is 2.47. The van der Waals surface area contributed by atoms with Crippen molar-refractivity contribution < 1.29 is 5.11 Å². The minimum absolute atomic E-state index is 0.277. The van der Waals surface area contributed by atoms with Crippen LogP contribution in [0.5, 0.6) is 0 Å². The van der Waals surface area contributed by atoms with E-state index in [9.17, 15) is 0 Å². The topological polar surface area (TPSA) is 64.1 Å². The fourth-order valence-electron chi connectivity index (χ4n) is 0.821. The average Bonchev–Trinajstić information content (AvgIpc) is 2.31. The Morgan fingerprint density at radius 1 is 1.82 bits per heavy atom. The van der Waals surface area contributed by atoms with Crippen molar-refractivity contribution in [2.24, 2.45) is 0 Å². The summed E-state index contributed by atoms with van der Waals surface area (Å²) in [6.07, 6.45) is 3.78. The van der Waals surface area contributed by atoms with E-state index in [0.29, 0.717) is 12.1 Å².